The van der Waals surface area contributed by atoms with Crippen LogP contribution < -0.4 is 25.4 Å². The molecule has 3 amide bonds. The fourth-order valence-corrected chi connectivity index (χ4v) is 3.73. The summed E-state index contributed by atoms with van der Waals surface area (Å²) in [6, 6.07) is 12.8. The largest absolute Gasteiger partial charge is 0.493 e. The minimum absolute atomic E-state index is 0.153. The molecule has 3 N–H and O–H groups in total. The molecule has 0 aromatic heterocycles. The van der Waals surface area contributed by atoms with Crippen molar-refractivity contribution < 1.29 is 23.9 Å². The minimum atomic E-state index is -0.694. The number of hydrogen-bond acceptors (Lipinski definition) is 5. The van der Waals surface area contributed by atoms with Gasteiger partial charge in [0, 0.05) is 25.7 Å². The summed E-state index contributed by atoms with van der Waals surface area (Å²) in [4.78, 5) is 35.3. The van der Waals surface area contributed by atoms with Gasteiger partial charge in [0.15, 0.2) is 11.5 Å². The summed E-state index contributed by atoms with van der Waals surface area (Å²) in [5.74, 6) is -0.115. The van der Waals surface area contributed by atoms with E-state index in [-0.39, 0.29) is 18.6 Å². The Bertz CT molecular complexity index is 969. The molecule has 0 unspecified atom stereocenters. The predicted molar refractivity (Wildman–Crippen MR) is 125 cm³/mol. The molecule has 0 bridgehead atoms. The van der Waals surface area contributed by atoms with Gasteiger partial charge in [-0.3, -0.25) is 14.4 Å². The normalized spacial score (nSPS) is 13.3. The Balaban J connectivity index is 1.43. The lowest BCUT2D eigenvalue weighted by Gasteiger charge is -2.17. The van der Waals surface area contributed by atoms with Gasteiger partial charge in [-0.1, -0.05) is 18.2 Å². The lowest BCUT2D eigenvalue weighted by molar-refractivity contribution is -0.139. The van der Waals surface area contributed by atoms with E-state index in [1.807, 2.05) is 18.2 Å². The zero-order valence-electron chi connectivity index (χ0n) is 19.1. The Morgan fingerprint density at radius 1 is 0.909 bits per heavy atom. The van der Waals surface area contributed by atoms with Crippen molar-refractivity contribution in [3.05, 3.63) is 53.6 Å². The molecular formula is C25H31N3O5. The first kappa shape index (κ1) is 24.1. The predicted octanol–water partition coefficient (Wildman–Crippen LogP) is 2.95. The standard InChI is InChI=1S/C25H31N3O5/c1-17(29)28-20-10-7-19(8-11-20)16-27-25(31)24(30)26-14-13-18-9-12-22(32-2)23(15-18)33-21-5-3-4-6-21/h7-12,15,21H,3-6,13-14,16H2,1-2H3,(H,26,30)(H,27,31)(H,28,29). The van der Waals surface area contributed by atoms with Crippen LogP contribution in [0.15, 0.2) is 42.5 Å². The van der Waals surface area contributed by atoms with E-state index in [2.05, 4.69) is 16.0 Å². The van der Waals surface area contributed by atoms with Crippen molar-refractivity contribution in [2.24, 2.45) is 0 Å². The number of ether oxygens (including phenoxy) is 2. The molecule has 3 rings (SSSR count). The van der Waals surface area contributed by atoms with Crippen LogP contribution in [0.5, 0.6) is 11.5 Å². The molecule has 0 heterocycles. The third-order valence-electron chi connectivity index (χ3n) is 5.46. The molecule has 2 aromatic rings. The summed E-state index contributed by atoms with van der Waals surface area (Å²) in [6.07, 6.45) is 5.26. The Kier molecular flexibility index (Phi) is 8.69. The molecule has 0 radical (unpaired) electrons. The van der Waals surface area contributed by atoms with Gasteiger partial charge in [-0.2, -0.15) is 0 Å². The van der Waals surface area contributed by atoms with Gasteiger partial charge < -0.3 is 25.4 Å². The first-order valence-electron chi connectivity index (χ1n) is 11.2. The fraction of sp³-hybridized carbons (Fsp3) is 0.400. The second-order valence-corrected chi connectivity index (χ2v) is 8.08. The maximum atomic E-state index is 12.1. The van der Waals surface area contributed by atoms with Crippen molar-refractivity contribution in [1.29, 1.82) is 0 Å². The van der Waals surface area contributed by atoms with Crippen LogP contribution in [-0.2, 0) is 27.3 Å². The van der Waals surface area contributed by atoms with Crippen molar-refractivity contribution in [3.63, 3.8) is 0 Å². The second kappa shape index (κ2) is 11.9. The number of anilines is 1. The molecular weight excluding hydrogens is 422 g/mol. The minimum Gasteiger partial charge on any atom is -0.493 e. The van der Waals surface area contributed by atoms with Crippen LogP contribution in [0.3, 0.4) is 0 Å². The lowest BCUT2D eigenvalue weighted by atomic mass is 10.1. The highest BCUT2D eigenvalue weighted by molar-refractivity contribution is 6.35. The van der Waals surface area contributed by atoms with E-state index in [1.54, 1.807) is 31.4 Å². The molecule has 0 atom stereocenters. The Labute approximate surface area is 194 Å². The summed E-state index contributed by atoms with van der Waals surface area (Å²) in [5.41, 5.74) is 2.48. The molecule has 1 aliphatic rings. The van der Waals surface area contributed by atoms with Gasteiger partial charge in [-0.05, 0) is 67.5 Å². The van der Waals surface area contributed by atoms with Crippen LogP contribution in [0, 0.1) is 0 Å². The van der Waals surface area contributed by atoms with E-state index in [4.69, 9.17) is 9.47 Å². The van der Waals surface area contributed by atoms with E-state index in [0.717, 1.165) is 29.7 Å². The number of rotatable bonds is 9. The average Bonchev–Trinajstić information content (AvgIpc) is 3.31. The molecule has 1 aliphatic carbocycles. The monoisotopic (exact) mass is 453 g/mol. The summed E-state index contributed by atoms with van der Waals surface area (Å²) in [6.45, 7) is 1.98. The smallest absolute Gasteiger partial charge is 0.309 e. The third-order valence-corrected chi connectivity index (χ3v) is 5.46. The topological polar surface area (TPSA) is 106 Å². The summed E-state index contributed by atoms with van der Waals surface area (Å²) >= 11 is 0. The van der Waals surface area contributed by atoms with Crippen molar-refractivity contribution in [2.75, 3.05) is 19.0 Å². The van der Waals surface area contributed by atoms with Gasteiger partial charge in [-0.15, -0.1) is 0 Å². The number of methoxy groups -OCH3 is 1. The first-order valence-corrected chi connectivity index (χ1v) is 11.2. The van der Waals surface area contributed by atoms with Crippen molar-refractivity contribution in [1.82, 2.24) is 10.6 Å². The van der Waals surface area contributed by atoms with Crippen LogP contribution in [0.2, 0.25) is 0 Å². The van der Waals surface area contributed by atoms with E-state index in [0.29, 0.717) is 24.4 Å². The maximum Gasteiger partial charge on any atom is 0.309 e. The van der Waals surface area contributed by atoms with Gasteiger partial charge in [0.1, 0.15) is 0 Å². The van der Waals surface area contributed by atoms with Gasteiger partial charge in [0.05, 0.1) is 13.2 Å². The van der Waals surface area contributed by atoms with Crippen LogP contribution in [0.4, 0.5) is 5.69 Å². The Morgan fingerprint density at radius 2 is 1.58 bits per heavy atom. The van der Waals surface area contributed by atoms with E-state index < -0.39 is 11.8 Å². The zero-order chi connectivity index (χ0) is 23.6. The highest BCUT2D eigenvalue weighted by Crippen LogP contribution is 2.32. The summed E-state index contributed by atoms with van der Waals surface area (Å²) in [5, 5.41) is 7.92. The fourth-order valence-electron chi connectivity index (χ4n) is 3.73. The highest BCUT2D eigenvalue weighted by atomic mass is 16.5. The number of amides is 3. The molecule has 8 heteroatoms. The van der Waals surface area contributed by atoms with Crippen molar-refractivity contribution in [2.45, 2.75) is 51.7 Å². The molecule has 0 aliphatic heterocycles. The third kappa shape index (κ3) is 7.52. The quantitative estimate of drug-likeness (QED) is 0.506. The van der Waals surface area contributed by atoms with E-state index in [9.17, 15) is 14.4 Å². The zero-order valence-corrected chi connectivity index (χ0v) is 19.1. The second-order valence-electron chi connectivity index (χ2n) is 8.08. The van der Waals surface area contributed by atoms with Gasteiger partial charge >= 0.3 is 11.8 Å². The van der Waals surface area contributed by atoms with Crippen LogP contribution in [0.25, 0.3) is 0 Å². The molecule has 1 saturated carbocycles. The Morgan fingerprint density at radius 3 is 2.24 bits per heavy atom. The molecule has 1 fully saturated rings. The van der Waals surface area contributed by atoms with Gasteiger partial charge in [-0.25, -0.2) is 0 Å². The van der Waals surface area contributed by atoms with E-state index >= 15 is 0 Å². The number of nitrogens with one attached hydrogen (secondary N) is 3. The van der Waals surface area contributed by atoms with Crippen molar-refractivity contribution in [3.8, 4) is 11.5 Å². The van der Waals surface area contributed by atoms with Gasteiger partial charge in [0.2, 0.25) is 5.91 Å². The highest BCUT2D eigenvalue weighted by Gasteiger charge is 2.19. The first-order chi connectivity index (χ1) is 15.9. The summed E-state index contributed by atoms with van der Waals surface area (Å²) in [7, 11) is 1.62. The number of benzene rings is 2. The van der Waals surface area contributed by atoms with Crippen LogP contribution in [-0.4, -0.2) is 37.5 Å². The number of hydrogen-bond donors (Lipinski definition) is 3. The molecule has 2 aromatic carbocycles. The molecule has 0 spiro atoms. The van der Waals surface area contributed by atoms with Crippen LogP contribution >= 0.6 is 0 Å². The van der Waals surface area contributed by atoms with Crippen LogP contribution in [0.1, 0.15) is 43.7 Å². The number of carbonyl (C=O) groups excluding carboxylic acids is 3. The van der Waals surface area contributed by atoms with Gasteiger partial charge in [0.25, 0.3) is 0 Å². The molecule has 0 saturated heterocycles. The average molecular weight is 454 g/mol. The number of carbonyl (C=O) groups is 3. The lowest BCUT2D eigenvalue weighted by Crippen LogP contribution is -2.40. The molecule has 176 valence electrons. The summed E-state index contributed by atoms with van der Waals surface area (Å²) < 4.78 is 11.5. The maximum absolute atomic E-state index is 12.1. The molecule has 33 heavy (non-hydrogen) atoms. The Hall–Kier alpha value is -3.55. The van der Waals surface area contributed by atoms with Crippen molar-refractivity contribution >= 4 is 23.4 Å². The van der Waals surface area contributed by atoms with E-state index in [1.165, 1.54) is 19.8 Å². The SMILES string of the molecule is COc1ccc(CCNC(=O)C(=O)NCc2ccc(NC(C)=O)cc2)cc1OC1CCCC1. The molecule has 8 nitrogen and oxygen atoms in total.